The Morgan fingerprint density at radius 3 is 2.68 bits per heavy atom. The van der Waals surface area contributed by atoms with E-state index in [4.69, 9.17) is 0 Å². The first kappa shape index (κ1) is 17.9. The van der Waals surface area contributed by atoms with Gasteiger partial charge in [-0.2, -0.15) is 0 Å². The molecule has 134 valence electrons. The maximum atomic E-state index is 12.8. The van der Waals surface area contributed by atoms with Crippen molar-refractivity contribution in [3.63, 3.8) is 0 Å². The van der Waals surface area contributed by atoms with Crippen molar-refractivity contribution < 1.29 is 4.79 Å². The number of aromatic nitrogens is 1. The van der Waals surface area contributed by atoms with Gasteiger partial charge in [-0.1, -0.05) is 32.9 Å². The summed E-state index contributed by atoms with van der Waals surface area (Å²) in [6.45, 7) is 9.57. The summed E-state index contributed by atoms with van der Waals surface area (Å²) in [5, 5.41) is 5.93. The average molecular weight is 358 g/mol. The smallest absolute Gasteiger partial charge is 0.273 e. The summed E-state index contributed by atoms with van der Waals surface area (Å²) in [7, 11) is 0. The lowest BCUT2D eigenvalue weighted by Crippen LogP contribution is -2.46. The monoisotopic (exact) mass is 357 g/mol. The number of benzene rings is 1. The van der Waals surface area contributed by atoms with Crippen LogP contribution < -0.4 is 5.32 Å². The van der Waals surface area contributed by atoms with E-state index in [1.54, 1.807) is 0 Å². The molecule has 2 aromatic rings. The topological polar surface area (TPSA) is 45.2 Å². The summed E-state index contributed by atoms with van der Waals surface area (Å²) in [5.74, 6) is 1.12. The lowest BCUT2D eigenvalue weighted by atomic mass is 9.92. The number of nitrogens with zero attached hydrogens (tertiary/aromatic N) is 2. The van der Waals surface area contributed by atoms with Crippen LogP contribution in [0.5, 0.6) is 0 Å². The molecule has 0 spiro atoms. The van der Waals surface area contributed by atoms with Crippen molar-refractivity contribution >= 4 is 28.1 Å². The molecule has 2 heterocycles. The number of carbonyl (C=O) groups is 1. The van der Waals surface area contributed by atoms with Crippen molar-refractivity contribution in [2.75, 3.05) is 11.9 Å². The number of likely N-dealkylation sites (tertiary alicyclic amines) is 1. The molecule has 5 heteroatoms. The Morgan fingerprint density at radius 1 is 1.28 bits per heavy atom. The summed E-state index contributed by atoms with van der Waals surface area (Å²) in [4.78, 5) is 19.3. The van der Waals surface area contributed by atoms with Gasteiger partial charge in [0, 0.05) is 23.7 Å². The van der Waals surface area contributed by atoms with E-state index in [2.05, 4.69) is 62.3 Å². The fraction of sp³-hybridized carbons (Fsp3) is 0.500. The molecular weight excluding hydrogens is 330 g/mol. The number of thiazole rings is 1. The number of anilines is 2. The molecule has 1 fully saturated rings. The molecule has 0 radical (unpaired) electrons. The molecule has 1 aliphatic rings. The van der Waals surface area contributed by atoms with Crippen LogP contribution in [0.3, 0.4) is 0 Å². The highest BCUT2D eigenvalue weighted by Crippen LogP contribution is 2.27. The Morgan fingerprint density at radius 2 is 2.00 bits per heavy atom. The average Bonchev–Trinajstić information content (AvgIpc) is 3.06. The number of hydrogen-bond donors (Lipinski definition) is 1. The number of rotatable bonds is 4. The molecule has 2 unspecified atom stereocenters. The molecule has 0 saturated carbocycles. The highest BCUT2D eigenvalue weighted by molar-refractivity contribution is 7.14. The van der Waals surface area contributed by atoms with Crippen LogP contribution in [0.15, 0.2) is 29.6 Å². The molecule has 0 aliphatic carbocycles. The summed E-state index contributed by atoms with van der Waals surface area (Å²) in [6, 6.07) is 8.66. The van der Waals surface area contributed by atoms with E-state index in [1.165, 1.54) is 23.3 Å². The number of carbonyl (C=O) groups excluding carboxylic acids is 1. The Labute approximate surface area is 154 Å². The summed E-state index contributed by atoms with van der Waals surface area (Å²) in [5.41, 5.74) is 2.86. The fourth-order valence-electron chi connectivity index (χ4n) is 3.27. The van der Waals surface area contributed by atoms with Gasteiger partial charge in [-0.15, -0.1) is 11.3 Å². The van der Waals surface area contributed by atoms with Gasteiger partial charge in [0.1, 0.15) is 5.69 Å². The highest BCUT2D eigenvalue weighted by atomic mass is 32.1. The van der Waals surface area contributed by atoms with Gasteiger partial charge in [-0.25, -0.2) is 4.98 Å². The lowest BCUT2D eigenvalue weighted by Gasteiger charge is -2.37. The van der Waals surface area contributed by atoms with Crippen LogP contribution in [0.4, 0.5) is 10.8 Å². The summed E-state index contributed by atoms with van der Waals surface area (Å²) in [6.07, 6.45) is 2.27. The SMILES string of the molecule is CC(C)c1ccc(Nc2nc(C(=O)N3CCCC(C)C3C)cs2)cc1. The van der Waals surface area contributed by atoms with Gasteiger partial charge >= 0.3 is 0 Å². The van der Waals surface area contributed by atoms with Crippen molar-refractivity contribution in [2.24, 2.45) is 5.92 Å². The first-order chi connectivity index (χ1) is 12.0. The Bertz CT molecular complexity index is 723. The van der Waals surface area contributed by atoms with Gasteiger partial charge in [-0.3, -0.25) is 4.79 Å². The molecule has 1 amide bonds. The largest absolute Gasteiger partial charge is 0.334 e. The minimum Gasteiger partial charge on any atom is -0.334 e. The van der Waals surface area contributed by atoms with Gasteiger partial charge < -0.3 is 10.2 Å². The van der Waals surface area contributed by atoms with Crippen molar-refractivity contribution in [3.8, 4) is 0 Å². The van der Waals surface area contributed by atoms with E-state index in [-0.39, 0.29) is 11.9 Å². The molecule has 3 rings (SSSR count). The molecule has 2 atom stereocenters. The van der Waals surface area contributed by atoms with Crippen molar-refractivity contribution in [3.05, 3.63) is 40.9 Å². The number of piperidine rings is 1. The van der Waals surface area contributed by atoms with Crippen LogP contribution in [0.25, 0.3) is 0 Å². The van der Waals surface area contributed by atoms with Crippen molar-refractivity contribution in [2.45, 2.75) is 52.5 Å². The van der Waals surface area contributed by atoms with Crippen LogP contribution in [0, 0.1) is 5.92 Å². The molecule has 1 N–H and O–H groups in total. The van der Waals surface area contributed by atoms with E-state index in [9.17, 15) is 4.79 Å². The van der Waals surface area contributed by atoms with Crippen LogP contribution >= 0.6 is 11.3 Å². The first-order valence-electron chi connectivity index (χ1n) is 9.09. The second-order valence-corrected chi connectivity index (χ2v) is 8.16. The zero-order valence-electron chi connectivity index (χ0n) is 15.5. The standard InChI is InChI=1S/C20H27N3OS/c1-13(2)16-7-9-17(10-8-16)21-20-22-18(12-25-20)19(24)23-11-5-6-14(3)15(23)4/h7-10,12-15H,5-6,11H2,1-4H3,(H,21,22). The number of amides is 1. The van der Waals surface area contributed by atoms with Gasteiger partial charge in [0.15, 0.2) is 5.13 Å². The number of nitrogens with one attached hydrogen (secondary N) is 1. The Kier molecular flexibility index (Phi) is 5.42. The minimum atomic E-state index is 0.0542. The lowest BCUT2D eigenvalue weighted by molar-refractivity contribution is 0.0546. The van der Waals surface area contributed by atoms with Crippen LogP contribution in [-0.4, -0.2) is 28.4 Å². The zero-order valence-corrected chi connectivity index (χ0v) is 16.3. The van der Waals surface area contributed by atoms with Gasteiger partial charge in [0.2, 0.25) is 0 Å². The van der Waals surface area contributed by atoms with E-state index in [0.717, 1.165) is 23.8 Å². The van der Waals surface area contributed by atoms with Crippen LogP contribution in [0.1, 0.15) is 62.5 Å². The van der Waals surface area contributed by atoms with E-state index in [0.29, 0.717) is 17.5 Å². The van der Waals surface area contributed by atoms with Gasteiger partial charge in [0.25, 0.3) is 5.91 Å². The van der Waals surface area contributed by atoms with E-state index in [1.807, 2.05) is 10.3 Å². The molecule has 0 bridgehead atoms. The summed E-state index contributed by atoms with van der Waals surface area (Å²) >= 11 is 1.48. The fourth-order valence-corrected chi connectivity index (χ4v) is 3.98. The van der Waals surface area contributed by atoms with Gasteiger partial charge in [0.05, 0.1) is 0 Å². The maximum absolute atomic E-state index is 12.8. The molecular formula is C20H27N3OS. The zero-order chi connectivity index (χ0) is 18.0. The quantitative estimate of drug-likeness (QED) is 0.810. The third-order valence-corrected chi connectivity index (χ3v) is 5.94. The summed E-state index contributed by atoms with van der Waals surface area (Å²) < 4.78 is 0. The molecule has 1 aromatic carbocycles. The second kappa shape index (κ2) is 7.56. The van der Waals surface area contributed by atoms with Crippen LogP contribution in [0.2, 0.25) is 0 Å². The van der Waals surface area contributed by atoms with Gasteiger partial charge in [-0.05, 0) is 49.3 Å². The van der Waals surface area contributed by atoms with E-state index < -0.39 is 0 Å². The minimum absolute atomic E-state index is 0.0542. The van der Waals surface area contributed by atoms with Crippen molar-refractivity contribution in [1.82, 2.24) is 9.88 Å². The highest BCUT2D eigenvalue weighted by Gasteiger charge is 2.30. The Hall–Kier alpha value is -1.88. The third-order valence-electron chi connectivity index (χ3n) is 5.19. The molecule has 1 aliphatic heterocycles. The third kappa shape index (κ3) is 4.03. The van der Waals surface area contributed by atoms with Crippen LogP contribution in [-0.2, 0) is 0 Å². The van der Waals surface area contributed by atoms with E-state index >= 15 is 0 Å². The predicted molar refractivity (Wildman–Crippen MR) is 105 cm³/mol. The maximum Gasteiger partial charge on any atom is 0.273 e. The first-order valence-corrected chi connectivity index (χ1v) is 9.97. The molecule has 1 aromatic heterocycles. The molecule has 4 nitrogen and oxygen atoms in total. The second-order valence-electron chi connectivity index (χ2n) is 7.30. The van der Waals surface area contributed by atoms with Crippen molar-refractivity contribution in [1.29, 1.82) is 0 Å². The normalized spacial score (nSPS) is 20.8. The predicted octanol–water partition coefficient (Wildman–Crippen LogP) is 5.27. The molecule has 1 saturated heterocycles. The number of hydrogen-bond acceptors (Lipinski definition) is 4. The Balaban J connectivity index is 1.68. The molecule has 25 heavy (non-hydrogen) atoms.